The minimum atomic E-state index is -0.386. The zero-order chi connectivity index (χ0) is 14.7. The van der Waals surface area contributed by atoms with E-state index in [0.717, 1.165) is 31.6 Å². The van der Waals surface area contributed by atoms with Gasteiger partial charge in [-0.2, -0.15) is 0 Å². The van der Waals surface area contributed by atoms with Gasteiger partial charge in [-0.1, -0.05) is 6.92 Å². The number of halogens is 1. The van der Waals surface area contributed by atoms with Crippen LogP contribution in [0.5, 0.6) is 5.75 Å². The fourth-order valence-electron chi connectivity index (χ4n) is 2.54. The van der Waals surface area contributed by atoms with Crippen LogP contribution in [0.3, 0.4) is 0 Å². The predicted octanol–water partition coefficient (Wildman–Crippen LogP) is 2.34. The third kappa shape index (κ3) is 3.15. The van der Waals surface area contributed by atoms with Crippen LogP contribution < -0.4 is 15.4 Å². The highest BCUT2D eigenvalue weighted by Gasteiger charge is 2.26. The number of hydrogen-bond donors (Lipinski definition) is 1. The second-order valence-electron chi connectivity index (χ2n) is 5.54. The first-order valence-corrected chi connectivity index (χ1v) is 7.16. The topological polar surface area (TPSA) is 41.7 Å². The molecule has 0 aromatic heterocycles. The van der Waals surface area contributed by atoms with Crippen LogP contribution in [-0.2, 0) is 0 Å². The lowest BCUT2D eigenvalue weighted by Crippen LogP contribution is -2.31. The van der Waals surface area contributed by atoms with E-state index < -0.39 is 0 Å². The maximum absolute atomic E-state index is 13.8. The summed E-state index contributed by atoms with van der Waals surface area (Å²) in [4.78, 5) is 4.42. The summed E-state index contributed by atoms with van der Waals surface area (Å²) < 4.78 is 19.3. The van der Waals surface area contributed by atoms with E-state index in [9.17, 15) is 4.39 Å². The third-order valence-corrected chi connectivity index (χ3v) is 3.78. The fraction of sp³-hybridized carbons (Fsp3) is 0.600. The van der Waals surface area contributed by atoms with Crippen LogP contribution in [-0.4, -0.2) is 44.7 Å². The zero-order valence-corrected chi connectivity index (χ0v) is 12.5. The molecule has 0 saturated carbocycles. The Kier molecular flexibility index (Phi) is 4.70. The molecule has 1 atom stereocenters. The first-order chi connectivity index (χ1) is 9.52. The normalized spacial score (nSPS) is 18.9. The molecule has 0 amide bonds. The van der Waals surface area contributed by atoms with Gasteiger partial charge < -0.3 is 20.3 Å². The van der Waals surface area contributed by atoms with Gasteiger partial charge >= 0.3 is 0 Å². The summed E-state index contributed by atoms with van der Waals surface area (Å²) >= 11 is 0. The van der Waals surface area contributed by atoms with Crippen molar-refractivity contribution in [1.29, 1.82) is 0 Å². The van der Waals surface area contributed by atoms with Gasteiger partial charge in [0, 0.05) is 31.3 Å². The first-order valence-electron chi connectivity index (χ1n) is 7.16. The Morgan fingerprint density at radius 1 is 1.45 bits per heavy atom. The van der Waals surface area contributed by atoms with Crippen molar-refractivity contribution in [2.75, 3.05) is 44.4 Å². The molecule has 1 aromatic carbocycles. The van der Waals surface area contributed by atoms with Gasteiger partial charge in [-0.05, 0) is 26.9 Å². The molecule has 2 N–H and O–H groups in total. The van der Waals surface area contributed by atoms with Crippen LogP contribution in [0.4, 0.5) is 15.8 Å². The largest absolute Gasteiger partial charge is 0.490 e. The highest BCUT2D eigenvalue weighted by Crippen LogP contribution is 2.33. The molecule has 1 unspecified atom stereocenters. The van der Waals surface area contributed by atoms with Crippen LogP contribution in [0, 0.1) is 5.82 Å². The van der Waals surface area contributed by atoms with Gasteiger partial charge in [0.15, 0.2) is 11.6 Å². The van der Waals surface area contributed by atoms with E-state index in [-0.39, 0.29) is 5.82 Å². The average molecular weight is 281 g/mol. The summed E-state index contributed by atoms with van der Waals surface area (Å²) in [6, 6.07) is 3.61. The number of nitrogen functional groups attached to an aromatic ring is 1. The van der Waals surface area contributed by atoms with E-state index in [1.165, 1.54) is 6.07 Å². The van der Waals surface area contributed by atoms with Gasteiger partial charge in [-0.25, -0.2) is 4.39 Å². The maximum Gasteiger partial charge on any atom is 0.167 e. The Morgan fingerprint density at radius 3 is 2.80 bits per heavy atom. The number of nitrogens with zero attached hydrogens (tertiary/aromatic N) is 2. The van der Waals surface area contributed by atoms with Gasteiger partial charge in [0.05, 0.1) is 18.0 Å². The van der Waals surface area contributed by atoms with Gasteiger partial charge in [0.25, 0.3) is 0 Å². The van der Waals surface area contributed by atoms with Crippen molar-refractivity contribution >= 4 is 11.4 Å². The zero-order valence-electron chi connectivity index (χ0n) is 12.5. The molecule has 112 valence electrons. The van der Waals surface area contributed by atoms with Crippen molar-refractivity contribution in [3.63, 3.8) is 0 Å². The lowest BCUT2D eigenvalue weighted by Gasteiger charge is -2.23. The van der Waals surface area contributed by atoms with Crippen molar-refractivity contribution in [3.8, 4) is 5.75 Å². The minimum absolute atomic E-state index is 0.296. The third-order valence-electron chi connectivity index (χ3n) is 3.78. The SMILES string of the molecule is CCCOc1cc(N2CCC(N(C)C)C2)c(N)cc1F. The molecule has 1 aliphatic rings. The molecule has 20 heavy (non-hydrogen) atoms. The van der Waals surface area contributed by atoms with Gasteiger partial charge in [-0.15, -0.1) is 0 Å². The highest BCUT2D eigenvalue weighted by atomic mass is 19.1. The lowest BCUT2D eigenvalue weighted by atomic mass is 10.2. The number of nitrogens with two attached hydrogens (primary N) is 1. The van der Waals surface area contributed by atoms with Crippen molar-refractivity contribution in [2.24, 2.45) is 0 Å². The van der Waals surface area contributed by atoms with E-state index >= 15 is 0 Å². The second kappa shape index (κ2) is 6.31. The van der Waals surface area contributed by atoms with Crippen LogP contribution in [0.15, 0.2) is 12.1 Å². The van der Waals surface area contributed by atoms with Crippen LogP contribution in [0.25, 0.3) is 0 Å². The molecule has 1 aliphatic heterocycles. The Bertz CT molecular complexity index is 465. The molecule has 0 aliphatic carbocycles. The first kappa shape index (κ1) is 14.9. The molecule has 1 fully saturated rings. The van der Waals surface area contributed by atoms with E-state index in [2.05, 4.69) is 23.9 Å². The molecule has 0 spiro atoms. The van der Waals surface area contributed by atoms with E-state index in [0.29, 0.717) is 24.1 Å². The molecule has 4 nitrogen and oxygen atoms in total. The van der Waals surface area contributed by atoms with Crippen LogP contribution in [0.2, 0.25) is 0 Å². The Hall–Kier alpha value is -1.49. The summed E-state index contributed by atoms with van der Waals surface area (Å²) in [6.45, 7) is 4.36. The fourth-order valence-corrected chi connectivity index (χ4v) is 2.54. The van der Waals surface area contributed by atoms with Gasteiger partial charge in [-0.3, -0.25) is 0 Å². The number of ether oxygens (including phenoxy) is 1. The van der Waals surface area contributed by atoms with Crippen molar-refractivity contribution in [3.05, 3.63) is 17.9 Å². The Labute approximate surface area is 120 Å². The summed E-state index contributed by atoms with van der Waals surface area (Å²) in [6.07, 6.45) is 1.94. The van der Waals surface area contributed by atoms with Gasteiger partial charge in [0.2, 0.25) is 0 Å². The number of anilines is 2. The Balaban J connectivity index is 2.19. The number of benzene rings is 1. The number of hydrogen-bond acceptors (Lipinski definition) is 4. The van der Waals surface area contributed by atoms with Crippen molar-refractivity contribution < 1.29 is 9.13 Å². The maximum atomic E-state index is 13.8. The molecule has 1 heterocycles. The molecule has 0 radical (unpaired) electrons. The molecule has 5 heteroatoms. The Morgan fingerprint density at radius 2 is 2.20 bits per heavy atom. The summed E-state index contributed by atoms with van der Waals surface area (Å²) in [5.41, 5.74) is 7.32. The summed E-state index contributed by atoms with van der Waals surface area (Å²) in [5, 5.41) is 0. The van der Waals surface area contributed by atoms with E-state index in [4.69, 9.17) is 10.5 Å². The van der Waals surface area contributed by atoms with Crippen molar-refractivity contribution in [1.82, 2.24) is 4.90 Å². The summed E-state index contributed by atoms with van der Waals surface area (Å²) in [5.74, 6) is -0.0904. The lowest BCUT2D eigenvalue weighted by molar-refractivity contribution is 0.301. The van der Waals surface area contributed by atoms with Crippen LogP contribution >= 0.6 is 0 Å². The monoisotopic (exact) mass is 281 g/mol. The van der Waals surface area contributed by atoms with Crippen LogP contribution in [0.1, 0.15) is 19.8 Å². The molecule has 1 aromatic rings. The number of rotatable bonds is 5. The second-order valence-corrected chi connectivity index (χ2v) is 5.54. The standard InChI is InChI=1S/C15H24FN3O/c1-4-7-20-15-9-14(13(17)8-12(15)16)19-6-5-11(10-19)18(2)3/h8-9,11H,4-7,10,17H2,1-3H3. The summed E-state index contributed by atoms with van der Waals surface area (Å²) in [7, 11) is 4.16. The average Bonchev–Trinajstić information content (AvgIpc) is 2.87. The molecular weight excluding hydrogens is 257 g/mol. The van der Waals surface area contributed by atoms with E-state index in [1.807, 2.05) is 6.92 Å². The highest BCUT2D eigenvalue weighted by molar-refractivity contribution is 5.70. The smallest absolute Gasteiger partial charge is 0.167 e. The van der Waals surface area contributed by atoms with Gasteiger partial charge in [0.1, 0.15) is 0 Å². The number of likely N-dealkylation sites (N-methyl/N-ethyl adjacent to an activating group) is 1. The molecular formula is C15H24FN3O. The minimum Gasteiger partial charge on any atom is -0.490 e. The van der Waals surface area contributed by atoms with E-state index in [1.54, 1.807) is 6.07 Å². The molecule has 2 rings (SSSR count). The quantitative estimate of drug-likeness (QED) is 0.841. The predicted molar refractivity (Wildman–Crippen MR) is 80.9 cm³/mol. The molecule has 1 saturated heterocycles. The molecule has 0 bridgehead atoms. The van der Waals surface area contributed by atoms with Crippen molar-refractivity contribution in [2.45, 2.75) is 25.8 Å².